The maximum Gasteiger partial charge on any atom is 0.373 e. The molecule has 0 fully saturated rings. The molecule has 1 N–H and O–H groups in total. The summed E-state index contributed by atoms with van der Waals surface area (Å²) in [4.78, 5) is 10.9. The van der Waals surface area contributed by atoms with Crippen molar-refractivity contribution in [2.75, 3.05) is 19.8 Å². The Labute approximate surface area is 78.2 Å². The molecule has 0 aliphatic heterocycles. The Bertz CT molecular complexity index is 165. The summed E-state index contributed by atoms with van der Waals surface area (Å²) >= 11 is 0. The molecule has 0 rings (SSSR count). The molecule has 0 spiro atoms. The highest BCUT2D eigenvalue weighted by Crippen LogP contribution is 1.99. The fourth-order valence-electron chi connectivity index (χ4n) is 0.617. The van der Waals surface area contributed by atoms with Crippen molar-refractivity contribution in [2.45, 2.75) is 19.8 Å². The first-order valence-electron chi connectivity index (χ1n) is 4.32. The molecule has 0 aliphatic rings. The zero-order valence-electron chi connectivity index (χ0n) is 7.91. The van der Waals surface area contributed by atoms with Gasteiger partial charge in [-0.15, -0.1) is 0 Å². The Kier molecular flexibility index (Phi) is 7.01. The molecule has 0 amide bonds. The third kappa shape index (κ3) is 6.16. The summed E-state index contributed by atoms with van der Waals surface area (Å²) < 4.78 is 9.56. The van der Waals surface area contributed by atoms with Crippen LogP contribution in [0.25, 0.3) is 0 Å². The number of unbranched alkanes of at least 4 members (excludes halogenated alkanes) is 1. The normalized spacial score (nSPS) is 9.38. The molecule has 0 aromatic rings. The van der Waals surface area contributed by atoms with Gasteiger partial charge >= 0.3 is 5.97 Å². The molecule has 0 unspecified atom stereocenters. The minimum Gasteiger partial charge on any atom is -0.487 e. The van der Waals surface area contributed by atoms with Gasteiger partial charge in [-0.1, -0.05) is 13.3 Å². The van der Waals surface area contributed by atoms with Crippen LogP contribution in [0, 0.1) is 0 Å². The molecule has 13 heavy (non-hydrogen) atoms. The van der Waals surface area contributed by atoms with Crippen molar-refractivity contribution in [2.24, 2.45) is 0 Å². The number of hydrogen-bond donors (Lipinski definition) is 1. The number of hydrogen-bond acceptors (Lipinski definition) is 4. The number of aliphatic hydroxyl groups is 1. The summed E-state index contributed by atoms with van der Waals surface area (Å²) in [5, 5.41) is 8.36. The van der Waals surface area contributed by atoms with Crippen LogP contribution in [0.2, 0.25) is 0 Å². The van der Waals surface area contributed by atoms with E-state index in [1.807, 2.05) is 6.92 Å². The van der Waals surface area contributed by atoms with Crippen LogP contribution in [0.4, 0.5) is 0 Å². The molecule has 0 heterocycles. The minimum absolute atomic E-state index is 0.00176. The van der Waals surface area contributed by atoms with Gasteiger partial charge in [0.2, 0.25) is 0 Å². The second-order valence-corrected chi connectivity index (χ2v) is 2.48. The van der Waals surface area contributed by atoms with Crippen molar-refractivity contribution in [1.82, 2.24) is 0 Å². The molecule has 76 valence electrons. The van der Waals surface area contributed by atoms with Gasteiger partial charge in [-0.3, -0.25) is 0 Å². The Morgan fingerprint density at radius 3 is 2.62 bits per heavy atom. The molecule has 0 aliphatic carbocycles. The predicted molar refractivity (Wildman–Crippen MR) is 48.0 cm³/mol. The third-order valence-electron chi connectivity index (χ3n) is 1.33. The van der Waals surface area contributed by atoms with Crippen LogP contribution in [0.5, 0.6) is 0 Å². The number of aliphatic hydroxyl groups excluding tert-OH is 1. The number of ether oxygens (including phenoxy) is 2. The molecule has 4 heteroatoms. The van der Waals surface area contributed by atoms with Crippen molar-refractivity contribution >= 4 is 5.97 Å². The van der Waals surface area contributed by atoms with Crippen LogP contribution in [0.1, 0.15) is 19.8 Å². The van der Waals surface area contributed by atoms with E-state index in [9.17, 15) is 4.79 Å². The number of carbonyl (C=O) groups is 1. The van der Waals surface area contributed by atoms with Crippen molar-refractivity contribution in [1.29, 1.82) is 0 Å². The van der Waals surface area contributed by atoms with E-state index in [0.717, 1.165) is 12.8 Å². The van der Waals surface area contributed by atoms with Crippen molar-refractivity contribution in [3.63, 3.8) is 0 Å². The second-order valence-electron chi connectivity index (χ2n) is 2.48. The van der Waals surface area contributed by atoms with Gasteiger partial charge in [0, 0.05) is 0 Å². The first-order chi connectivity index (χ1) is 6.22. The van der Waals surface area contributed by atoms with Gasteiger partial charge in [-0.2, -0.15) is 0 Å². The van der Waals surface area contributed by atoms with E-state index in [-0.39, 0.29) is 19.0 Å². The van der Waals surface area contributed by atoms with Crippen LogP contribution in [-0.2, 0) is 14.3 Å². The van der Waals surface area contributed by atoms with Gasteiger partial charge in [-0.25, -0.2) is 4.79 Å². The maximum absolute atomic E-state index is 10.9. The highest BCUT2D eigenvalue weighted by Gasteiger charge is 2.08. The van der Waals surface area contributed by atoms with Crippen LogP contribution in [0.3, 0.4) is 0 Å². The van der Waals surface area contributed by atoms with Crippen LogP contribution >= 0.6 is 0 Å². The van der Waals surface area contributed by atoms with Gasteiger partial charge in [0.15, 0.2) is 5.76 Å². The van der Waals surface area contributed by atoms with Gasteiger partial charge in [0.1, 0.15) is 6.61 Å². The lowest BCUT2D eigenvalue weighted by atomic mass is 10.4. The Morgan fingerprint density at radius 2 is 2.08 bits per heavy atom. The Hall–Kier alpha value is -1.03. The zero-order valence-corrected chi connectivity index (χ0v) is 7.91. The molecule has 0 radical (unpaired) electrons. The van der Waals surface area contributed by atoms with Crippen molar-refractivity contribution in [3.05, 3.63) is 12.3 Å². The Morgan fingerprint density at radius 1 is 1.38 bits per heavy atom. The fraction of sp³-hybridized carbons (Fsp3) is 0.667. The quantitative estimate of drug-likeness (QED) is 0.278. The largest absolute Gasteiger partial charge is 0.487 e. The van der Waals surface area contributed by atoms with E-state index in [0.29, 0.717) is 6.61 Å². The molecule has 0 atom stereocenters. The van der Waals surface area contributed by atoms with E-state index < -0.39 is 5.97 Å². The zero-order chi connectivity index (χ0) is 10.1. The van der Waals surface area contributed by atoms with Crippen molar-refractivity contribution < 1.29 is 19.4 Å². The first-order valence-corrected chi connectivity index (χ1v) is 4.32. The summed E-state index contributed by atoms with van der Waals surface area (Å²) in [5.41, 5.74) is 0. The second kappa shape index (κ2) is 7.61. The highest BCUT2D eigenvalue weighted by atomic mass is 16.6. The Balaban J connectivity index is 3.51. The molecule has 0 saturated carbocycles. The van der Waals surface area contributed by atoms with Crippen LogP contribution in [-0.4, -0.2) is 30.9 Å². The fourth-order valence-corrected chi connectivity index (χ4v) is 0.617. The summed E-state index contributed by atoms with van der Waals surface area (Å²) in [5.74, 6) is -0.605. The van der Waals surface area contributed by atoms with E-state index in [1.165, 1.54) is 0 Å². The molecular formula is C9H16O4. The molecular weight excluding hydrogens is 172 g/mol. The summed E-state index contributed by atoms with van der Waals surface area (Å²) in [6, 6.07) is 0. The summed E-state index contributed by atoms with van der Waals surface area (Å²) in [7, 11) is 0. The van der Waals surface area contributed by atoms with Crippen LogP contribution in [0.15, 0.2) is 12.3 Å². The smallest absolute Gasteiger partial charge is 0.373 e. The third-order valence-corrected chi connectivity index (χ3v) is 1.33. The lowest BCUT2D eigenvalue weighted by Crippen LogP contribution is -2.12. The van der Waals surface area contributed by atoms with Crippen molar-refractivity contribution in [3.8, 4) is 0 Å². The standard InChI is InChI=1S/C9H16O4/c1-3-4-6-12-8(2)9(11)13-7-5-10/h10H,2-7H2,1H3. The summed E-state index contributed by atoms with van der Waals surface area (Å²) in [6.45, 7) is 5.70. The van der Waals surface area contributed by atoms with Gasteiger partial charge in [-0.05, 0) is 13.0 Å². The SMILES string of the molecule is C=C(OCCCC)C(=O)OCCO. The van der Waals surface area contributed by atoms with E-state index >= 15 is 0 Å². The highest BCUT2D eigenvalue weighted by molar-refractivity contribution is 5.85. The maximum atomic E-state index is 10.9. The molecule has 0 bridgehead atoms. The van der Waals surface area contributed by atoms with E-state index in [4.69, 9.17) is 9.84 Å². The topological polar surface area (TPSA) is 55.8 Å². The van der Waals surface area contributed by atoms with Gasteiger partial charge < -0.3 is 14.6 Å². The van der Waals surface area contributed by atoms with E-state index in [2.05, 4.69) is 11.3 Å². The first kappa shape index (κ1) is 12.0. The van der Waals surface area contributed by atoms with Gasteiger partial charge in [0.05, 0.1) is 13.2 Å². The number of esters is 1. The van der Waals surface area contributed by atoms with Crippen LogP contribution < -0.4 is 0 Å². The molecule has 4 nitrogen and oxygen atoms in total. The molecule has 0 saturated heterocycles. The number of rotatable bonds is 7. The minimum atomic E-state index is -0.606. The predicted octanol–water partition coefficient (Wildman–Crippen LogP) is 0.852. The average molecular weight is 188 g/mol. The lowest BCUT2D eigenvalue weighted by Gasteiger charge is -2.07. The lowest BCUT2D eigenvalue weighted by molar-refractivity contribution is -0.144. The van der Waals surface area contributed by atoms with E-state index in [1.54, 1.807) is 0 Å². The number of carbonyl (C=O) groups excluding carboxylic acids is 1. The molecule has 0 aromatic carbocycles. The van der Waals surface area contributed by atoms with Gasteiger partial charge in [0.25, 0.3) is 0 Å². The average Bonchev–Trinajstić information content (AvgIpc) is 2.14. The summed E-state index contributed by atoms with van der Waals surface area (Å²) in [6.07, 6.45) is 1.88. The molecule has 0 aromatic heterocycles. The monoisotopic (exact) mass is 188 g/mol.